The molecule has 4 rings (SSSR count). The lowest BCUT2D eigenvalue weighted by atomic mass is 10.1. The number of aromatic nitrogens is 2. The summed E-state index contributed by atoms with van der Waals surface area (Å²) < 4.78 is 14.2. The van der Waals surface area contributed by atoms with Gasteiger partial charge < -0.3 is 18.6 Å². The van der Waals surface area contributed by atoms with Crippen LogP contribution in [0.4, 0.5) is 0 Å². The maximum absolute atomic E-state index is 12.7. The lowest BCUT2D eigenvalue weighted by molar-refractivity contribution is -0.142. The van der Waals surface area contributed by atoms with Gasteiger partial charge in [-0.15, -0.1) is 0 Å². The van der Waals surface area contributed by atoms with Crippen molar-refractivity contribution in [1.82, 2.24) is 9.13 Å². The predicted octanol–water partition coefficient (Wildman–Crippen LogP) is 7.35. The van der Waals surface area contributed by atoms with Gasteiger partial charge in [-0.1, -0.05) is 94.8 Å². The number of amides is 2. The molecule has 46 heavy (non-hydrogen) atoms. The second-order valence-electron chi connectivity index (χ2n) is 10.1. The van der Waals surface area contributed by atoms with Gasteiger partial charge in [-0.25, -0.2) is 0 Å². The lowest BCUT2D eigenvalue weighted by Crippen LogP contribution is -2.22. The molecule has 10 nitrogen and oxygen atoms in total. The summed E-state index contributed by atoms with van der Waals surface area (Å²) >= 11 is 27.6. The zero-order chi connectivity index (χ0) is 33.4. The third-order valence-electron chi connectivity index (χ3n) is 6.97. The van der Waals surface area contributed by atoms with Crippen LogP contribution in [0.15, 0.2) is 34.3 Å². The molecule has 0 saturated carbocycles. The van der Waals surface area contributed by atoms with E-state index < -0.39 is 11.9 Å². The van der Waals surface area contributed by atoms with E-state index in [0.717, 1.165) is 35.1 Å². The van der Waals surface area contributed by atoms with E-state index >= 15 is 0 Å². The molecule has 2 aromatic carbocycles. The van der Waals surface area contributed by atoms with Gasteiger partial charge in [0.25, 0.3) is 0 Å². The lowest BCUT2D eigenvalue weighted by Gasteiger charge is -2.06. The van der Waals surface area contributed by atoms with Gasteiger partial charge in [0.15, 0.2) is 9.60 Å². The van der Waals surface area contributed by atoms with Crippen LogP contribution < -0.4 is 9.60 Å². The number of methoxy groups -OCH3 is 2. The molecule has 0 radical (unpaired) electrons. The van der Waals surface area contributed by atoms with Crippen molar-refractivity contribution < 1.29 is 28.7 Å². The van der Waals surface area contributed by atoms with E-state index in [1.54, 1.807) is 33.4 Å². The van der Waals surface area contributed by atoms with Crippen molar-refractivity contribution in [3.8, 4) is 0 Å². The van der Waals surface area contributed by atoms with Gasteiger partial charge in [0.2, 0.25) is 11.8 Å². The minimum atomic E-state index is -0.502. The first-order valence-corrected chi connectivity index (χ1v) is 17.4. The van der Waals surface area contributed by atoms with E-state index in [4.69, 9.17) is 55.9 Å². The number of unbranched alkanes of at least 4 members (excludes halogenated alkanes) is 5. The first-order chi connectivity index (χ1) is 22.0. The van der Waals surface area contributed by atoms with Crippen LogP contribution in [-0.4, -0.2) is 47.1 Å². The highest BCUT2D eigenvalue weighted by Crippen LogP contribution is 2.33. The number of halogens is 4. The number of carbonyl (C=O) groups is 4. The van der Waals surface area contributed by atoms with Crippen LogP contribution in [0.2, 0.25) is 20.1 Å². The Bertz CT molecular complexity index is 1790. The first kappa shape index (κ1) is 36.1. The Balaban J connectivity index is 1.27. The predicted molar refractivity (Wildman–Crippen MR) is 182 cm³/mol. The van der Waals surface area contributed by atoms with Crippen molar-refractivity contribution in [1.29, 1.82) is 0 Å². The molecule has 16 heteroatoms. The Morgan fingerprint density at radius 1 is 0.630 bits per heavy atom. The first-order valence-electron chi connectivity index (χ1n) is 14.3. The minimum Gasteiger partial charge on any atom is -0.468 e. The van der Waals surface area contributed by atoms with Gasteiger partial charge in [0, 0.05) is 12.8 Å². The van der Waals surface area contributed by atoms with E-state index in [9.17, 15) is 19.2 Å². The molecule has 0 aliphatic rings. The Hall–Kier alpha value is -2.74. The summed E-state index contributed by atoms with van der Waals surface area (Å²) in [5, 5.41) is 1.22. The van der Waals surface area contributed by atoms with E-state index in [1.807, 2.05) is 0 Å². The standard InChI is InChI=1S/C30H30Cl4N4O6S2/c1-43-23(41)15-37-27-19(13-11-17(31)25(27)33)45-29(37)35-21(39)9-7-5-3-4-6-8-10-22(40)36-30-38(16-24(42)44-2)28-20(46-30)14-12-18(32)26(28)34/h11-14H,3-10,15-16H2,1-2H3. The maximum atomic E-state index is 12.7. The summed E-state index contributed by atoms with van der Waals surface area (Å²) in [4.78, 5) is 58.6. The molecule has 2 aromatic heterocycles. The van der Waals surface area contributed by atoms with Crippen LogP contribution in [0.3, 0.4) is 0 Å². The van der Waals surface area contributed by atoms with Gasteiger partial charge in [0.05, 0.1) is 54.7 Å². The van der Waals surface area contributed by atoms with Gasteiger partial charge >= 0.3 is 11.9 Å². The molecule has 2 amide bonds. The molecule has 0 bridgehead atoms. The van der Waals surface area contributed by atoms with Gasteiger partial charge in [-0.3, -0.25) is 19.2 Å². The van der Waals surface area contributed by atoms with Crippen LogP contribution in [-0.2, 0) is 41.7 Å². The van der Waals surface area contributed by atoms with Crippen molar-refractivity contribution in [3.63, 3.8) is 0 Å². The second-order valence-corrected chi connectivity index (χ2v) is 13.7. The summed E-state index contributed by atoms with van der Waals surface area (Å²) in [7, 11) is 2.57. The SMILES string of the molecule is COC(=O)Cn1c(=NC(=O)CCCCCCCCC(=O)N=c2sc3ccc(Cl)c(Cl)c3n2CC(=O)OC)sc2ccc(Cl)c(Cl)c21. The molecule has 0 unspecified atom stereocenters. The number of rotatable bonds is 13. The molecule has 0 aliphatic heterocycles. The largest absolute Gasteiger partial charge is 0.468 e. The normalized spacial score (nSPS) is 12.3. The number of nitrogens with zero attached hydrogens (tertiary/aromatic N) is 4. The number of esters is 2. The number of thiazole rings is 2. The number of hydrogen-bond donors (Lipinski definition) is 0. The van der Waals surface area contributed by atoms with Crippen molar-refractivity contribution in [2.45, 2.75) is 64.5 Å². The molecule has 4 aromatic rings. The summed E-state index contributed by atoms with van der Waals surface area (Å²) in [5.41, 5.74) is 1.06. The second kappa shape index (κ2) is 16.9. The van der Waals surface area contributed by atoms with Crippen LogP contribution in [0.5, 0.6) is 0 Å². The summed E-state index contributed by atoms with van der Waals surface area (Å²) in [6, 6.07) is 6.85. The number of fused-ring (bicyclic) bond motifs is 2. The van der Waals surface area contributed by atoms with Gasteiger partial charge in [0.1, 0.15) is 13.1 Å². The Morgan fingerprint density at radius 3 is 1.37 bits per heavy atom. The molecular formula is C30H30Cl4N4O6S2. The highest BCUT2D eigenvalue weighted by Gasteiger charge is 2.18. The topological polar surface area (TPSA) is 121 Å². The number of benzene rings is 2. The summed E-state index contributed by atoms with van der Waals surface area (Å²) in [6.45, 7) is -0.307. The van der Waals surface area contributed by atoms with Crippen LogP contribution in [0.25, 0.3) is 20.4 Å². The monoisotopic (exact) mass is 746 g/mol. The maximum Gasteiger partial charge on any atom is 0.325 e. The highest BCUT2D eigenvalue weighted by molar-refractivity contribution is 7.16. The van der Waals surface area contributed by atoms with Gasteiger partial charge in [-0.05, 0) is 37.1 Å². The molecule has 0 fully saturated rings. The third-order valence-corrected chi connectivity index (χ3v) is 10.6. The van der Waals surface area contributed by atoms with Crippen LogP contribution >= 0.6 is 69.1 Å². The van der Waals surface area contributed by atoms with Crippen LogP contribution in [0.1, 0.15) is 51.4 Å². The third kappa shape index (κ3) is 8.99. The number of ether oxygens (including phenoxy) is 2. The fourth-order valence-electron chi connectivity index (χ4n) is 4.64. The fraction of sp³-hybridized carbons (Fsp3) is 0.400. The molecule has 0 aliphatic carbocycles. The zero-order valence-corrected chi connectivity index (χ0v) is 29.6. The van der Waals surface area contributed by atoms with E-state index in [2.05, 4.69) is 9.98 Å². The van der Waals surface area contributed by atoms with E-state index in [0.29, 0.717) is 43.5 Å². The molecule has 0 N–H and O–H groups in total. The molecule has 2 heterocycles. The number of carbonyl (C=O) groups excluding carboxylic acids is 4. The van der Waals surface area contributed by atoms with Gasteiger partial charge in [-0.2, -0.15) is 9.98 Å². The summed E-state index contributed by atoms with van der Waals surface area (Å²) in [5.74, 6) is -1.60. The van der Waals surface area contributed by atoms with E-state index in [1.165, 1.54) is 36.9 Å². The van der Waals surface area contributed by atoms with Crippen molar-refractivity contribution in [2.24, 2.45) is 9.98 Å². The molecule has 0 spiro atoms. The molecule has 0 atom stereocenters. The smallest absolute Gasteiger partial charge is 0.325 e. The summed E-state index contributed by atoms with van der Waals surface area (Å²) in [6.07, 6.45) is 5.28. The number of hydrogen-bond acceptors (Lipinski definition) is 8. The average molecular weight is 749 g/mol. The molecule has 0 saturated heterocycles. The van der Waals surface area contributed by atoms with Crippen molar-refractivity contribution in [3.05, 3.63) is 54.0 Å². The average Bonchev–Trinajstić information content (AvgIpc) is 3.55. The van der Waals surface area contributed by atoms with Crippen LogP contribution in [0, 0.1) is 0 Å². The molecular weight excluding hydrogens is 718 g/mol. The molecule has 246 valence electrons. The Kier molecular flexibility index (Phi) is 13.3. The Morgan fingerprint density at radius 2 is 1.00 bits per heavy atom. The Labute approximate surface area is 292 Å². The van der Waals surface area contributed by atoms with E-state index in [-0.39, 0.29) is 47.8 Å². The van der Waals surface area contributed by atoms with Crippen molar-refractivity contribution >= 4 is 113 Å². The fourth-order valence-corrected chi connectivity index (χ4v) is 7.70. The quantitative estimate of drug-likeness (QED) is 0.104. The van der Waals surface area contributed by atoms with Crippen molar-refractivity contribution in [2.75, 3.05) is 14.2 Å². The highest BCUT2D eigenvalue weighted by atomic mass is 35.5. The minimum absolute atomic E-state index is 0.154. The zero-order valence-electron chi connectivity index (χ0n) is 24.9.